The molecule has 0 spiro atoms. The molecule has 124 valence electrons. The number of fused-ring (bicyclic) bond motifs is 1. The van der Waals surface area contributed by atoms with Crippen LogP contribution >= 0.6 is 22.9 Å². The molecule has 0 saturated carbocycles. The highest BCUT2D eigenvalue weighted by atomic mass is 127. The summed E-state index contributed by atoms with van der Waals surface area (Å²) in [6, 6.07) is 8.73. The second-order valence-electron chi connectivity index (χ2n) is 5.09. The Balaban J connectivity index is 2.60. The molecule has 6 nitrogen and oxygen atoms in total. The molecule has 0 amide bonds. The zero-order valence-corrected chi connectivity index (χ0v) is 15.4. The van der Waals surface area contributed by atoms with Gasteiger partial charge in [-0.25, -0.2) is 8.42 Å². The normalized spacial score (nSPS) is 13.3. The van der Waals surface area contributed by atoms with Crippen molar-refractivity contribution >= 4 is 55.3 Å². The fourth-order valence-electron chi connectivity index (χ4n) is 2.37. The molecule has 23 heavy (non-hydrogen) atoms. The minimum atomic E-state index is -3.97. The van der Waals surface area contributed by atoms with Gasteiger partial charge in [-0.2, -0.15) is 0 Å². The Morgan fingerprint density at radius 3 is 2.43 bits per heavy atom. The van der Waals surface area contributed by atoms with Crippen molar-refractivity contribution in [1.82, 2.24) is 2.52 Å². The zero-order valence-electron chi connectivity index (χ0n) is 12.4. The van der Waals surface area contributed by atoms with Crippen molar-refractivity contribution in [3.63, 3.8) is 0 Å². The third-order valence-electron chi connectivity index (χ3n) is 3.52. The molecule has 0 aliphatic heterocycles. The molecule has 1 unspecified atom stereocenters. The Kier molecular flexibility index (Phi) is 5.48. The van der Waals surface area contributed by atoms with Gasteiger partial charge in [0.1, 0.15) is 6.04 Å². The van der Waals surface area contributed by atoms with Crippen LogP contribution in [0.25, 0.3) is 10.8 Å². The number of hydrogen-bond donors (Lipinski definition) is 2. The number of halogens is 1. The maximum atomic E-state index is 12.9. The number of aliphatic carboxylic acids is 1. The Morgan fingerprint density at radius 2 is 1.87 bits per heavy atom. The summed E-state index contributed by atoms with van der Waals surface area (Å²) in [6.45, 7) is 1.81. The van der Waals surface area contributed by atoms with Gasteiger partial charge in [0.2, 0.25) is 0 Å². The standard InChI is InChI=1S/C15H17IN2O4S/c1-2-5-13(15(19)20)18(16)23(21,22)14-9-8-12(17)10-6-3-4-7-11(10)14/h3-4,6-9,13H,2,5,17H2,1H3,(H,19,20). The minimum Gasteiger partial charge on any atom is -0.480 e. The molecule has 0 aliphatic rings. The minimum absolute atomic E-state index is 0.0547. The highest BCUT2D eigenvalue weighted by molar-refractivity contribution is 14.1. The first-order valence-electron chi connectivity index (χ1n) is 7.01. The van der Waals surface area contributed by atoms with Gasteiger partial charge in [-0.1, -0.05) is 37.6 Å². The molecule has 8 heteroatoms. The lowest BCUT2D eigenvalue weighted by atomic mass is 10.1. The molecule has 2 rings (SSSR count). The first-order valence-corrected chi connectivity index (χ1v) is 9.41. The maximum Gasteiger partial charge on any atom is 0.322 e. The van der Waals surface area contributed by atoms with E-state index < -0.39 is 22.0 Å². The largest absolute Gasteiger partial charge is 0.480 e. The van der Waals surface area contributed by atoms with E-state index in [2.05, 4.69) is 0 Å². The van der Waals surface area contributed by atoms with Crippen LogP contribution in [-0.2, 0) is 14.8 Å². The van der Waals surface area contributed by atoms with E-state index in [1.807, 2.05) is 6.92 Å². The Bertz CT molecular complexity index is 838. The molecule has 2 aromatic carbocycles. The molecule has 0 saturated heterocycles. The van der Waals surface area contributed by atoms with Gasteiger partial charge in [0.15, 0.2) is 0 Å². The lowest BCUT2D eigenvalue weighted by molar-refractivity contribution is -0.140. The number of benzene rings is 2. The van der Waals surface area contributed by atoms with Crippen molar-refractivity contribution in [3.05, 3.63) is 36.4 Å². The number of nitrogens with zero attached hydrogens (tertiary/aromatic N) is 1. The molecular weight excluding hydrogens is 431 g/mol. The van der Waals surface area contributed by atoms with Crippen LogP contribution in [0.1, 0.15) is 19.8 Å². The summed E-state index contributed by atoms with van der Waals surface area (Å²) in [7, 11) is -3.97. The third-order valence-corrected chi connectivity index (χ3v) is 7.37. The van der Waals surface area contributed by atoms with Gasteiger partial charge in [0, 0.05) is 39.3 Å². The number of rotatable bonds is 6. The third kappa shape index (κ3) is 3.43. The summed E-state index contributed by atoms with van der Waals surface area (Å²) in [5.74, 6) is -1.16. The fourth-order valence-corrected chi connectivity index (χ4v) is 4.93. The summed E-state index contributed by atoms with van der Waals surface area (Å²) in [5, 5.41) is 10.4. The molecule has 0 radical (unpaired) electrons. The predicted octanol–water partition coefficient (Wildman–Crippen LogP) is 3.02. The molecule has 0 heterocycles. The molecule has 2 aromatic rings. The lowest BCUT2D eigenvalue weighted by Gasteiger charge is -2.22. The monoisotopic (exact) mass is 448 g/mol. The van der Waals surface area contributed by atoms with Gasteiger partial charge >= 0.3 is 5.97 Å². The van der Waals surface area contributed by atoms with E-state index in [-0.39, 0.29) is 11.3 Å². The van der Waals surface area contributed by atoms with Gasteiger partial charge in [-0.05, 0) is 18.6 Å². The maximum absolute atomic E-state index is 12.9. The molecule has 0 aliphatic carbocycles. The number of sulfonamides is 1. The Morgan fingerprint density at radius 1 is 1.26 bits per heavy atom. The molecule has 0 fully saturated rings. The van der Waals surface area contributed by atoms with Gasteiger partial charge in [0.25, 0.3) is 10.0 Å². The first kappa shape index (κ1) is 18.0. The molecule has 0 bridgehead atoms. The molecule has 1 atom stereocenters. The van der Waals surface area contributed by atoms with Crippen molar-refractivity contribution in [2.24, 2.45) is 0 Å². The topological polar surface area (TPSA) is 101 Å². The van der Waals surface area contributed by atoms with E-state index in [4.69, 9.17) is 5.73 Å². The summed E-state index contributed by atoms with van der Waals surface area (Å²) in [4.78, 5) is 11.5. The van der Waals surface area contributed by atoms with E-state index in [1.54, 1.807) is 47.1 Å². The fraction of sp³-hybridized carbons (Fsp3) is 0.267. The van der Waals surface area contributed by atoms with Crippen molar-refractivity contribution < 1.29 is 18.3 Å². The van der Waals surface area contributed by atoms with Crippen LogP contribution in [0.3, 0.4) is 0 Å². The number of hydrogen-bond acceptors (Lipinski definition) is 4. The first-order chi connectivity index (χ1) is 10.8. The van der Waals surface area contributed by atoms with Crippen LogP contribution in [0, 0.1) is 0 Å². The SMILES string of the molecule is CCCC(C(=O)O)N(I)S(=O)(=O)c1ccc(N)c2ccccc12. The quantitative estimate of drug-likeness (QED) is 0.402. The number of nitrogen functional groups attached to an aromatic ring is 1. The highest BCUT2D eigenvalue weighted by Crippen LogP contribution is 2.32. The van der Waals surface area contributed by atoms with E-state index in [0.717, 1.165) is 2.52 Å². The summed E-state index contributed by atoms with van der Waals surface area (Å²) >= 11 is 1.56. The number of carbonyl (C=O) groups is 1. The van der Waals surface area contributed by atoms with E-state index in [9.17, 15) is 18.3 Å². The molecule has 3 N–H and O–H groups in total. The van der Waals surface area contributed by atoms with Crippen molar-refractivity contribution in [3.8, 4) is 0 Å². The van der Waals surface area contributed by atoms with Crippen LogP contribution in [0.5, 0.6) is 0 Å². The number of anilines is 1. The van der Waals surface area contributed by atoms with E-state index in [0.29, 0.717) is 22.9 Å². The van der Waals surface area contributed by atoms with Crippen LogP contribution in [0.2, 0.25) is 0 Å². The van der Waals surface area contributed by atoms with E-state index in [1.165, 1.54) is 12.1 Å². The predicted molar refractivity (Wildman–Crippen MR) is 97.7 cm³/mol. The van der Waals surface area contributed by atoms with Crippen molar-refractivity contribution in [2.45, 2.75) is 30.7 Å². The number of carboxylic acids is 1. The Labute approximate surface area is 148 Å². The summed E-state index contributed by atoms with van der Waals surface area (Å²) < 4.78 is 26.7. The lowest BCUT2D eigenvalue weighted by Crippen LogP contribution is -2.38. The molecule has 0 aromatic heterocycles. The van der Waals surface area contributed by atoms with Crippen LogP contribution in [0.4, 0.5) is 5.69 Å². The Hall–Kier alpha value is -1.39. The summed E-state index contributed by atoms with van der Waals surface area (Å²) in [6.07, 6.45) is 0.804. The van der Waals surface area contributed by atoms with E-state index >= 15 is 0 Å². The highest BCUT2D eigenvalue weighted by Gasteiger charge is 2.34. The van der Waals surface area contributed by atoms with Crippen molar-refractivity contribution in [1.29, 1.82) is 0 Å². The number of nitrogens with two attached hydrogens (primary N) is 1. The van der Waals surface area contributed by atoms with Crippen molar-refractivity contribution in [2.75, 3.05) is 5.73 Å². The van der Waals surface area contributed by atoms with Gasteiger partial charge in [-0.15, -0.1) is 2.52 Å². The average molecular weight is 448 g/mol. The van der Waals surface area contributed by atoms with Gasteiger partial charge in [0.05, 0.1) is 4.90 Å². The second-order valence-corrected chi connectivity index (χ2v) is 8.57. The van der Waals surface area contributed by atoms with Crippen LogP contribution in [-0.4, -0.2) is 28.1 Å². The number of carboxylic acid groups (broad SMARTS) is 1. The second kappa shape index (κ2) is 7.02. The zero-order chi connectivity index (χ0) is 17.2. The van der Waals surface area contributed by atoms with Gasteiger partial charge in [-0.3, -0.25) is 4.79 Å². The van der Waals surface area contributed by atoms with Gasteiger partial charge < -0.3 is 10.8 Å². The summed E-state index contributed by atoms with van der Waals surface area (Å²) in [5.41, 5.74) is 6.37. The molecular formula is C15H17IN2O4S. The average Bonchev–Trinajstić information content (AvgIpc) is 2.52. The smallest absolute Gasteiger partial charge is 0.322 e. The van der Waals surface area contributed by atoms with Crippen LogP contribution < -0.4 is 5.73 Å². The van der Waals surface area contributed by atoms with Crippen LogP contribution in [0.15, 0.2) is 41.3 Å².